The molecular weight excluding hydrogens is 452 g/mol. The van der Waals surface area contributed by atoms with Crippen LogP contribution < -0.4 is 5.32 Å². The number of para-hydroxylation sites is 2. The highest BCUT2D eigenvalue weighted by Crippen LogP contribution is 2.25. The lowest BCUT2D eigenvalue weighted by molar-refractivity contribution is -0.148. The van der Waals surface area contributed by atoms with Crippen LogP contribution in [0.1, 0.15) is 18.1 Å². The molecule has 2 N–H and O–H groups in total. The average Bonchev–Trinajstić information content (AvgIpc) is 3.52. The number of hydrogen-bond donors (Lipinski definition) is 2. The van der Waals surface area contributed by atoms with E-state index in [2.05, 4.69) is 10.3 Å². The van der Waals surface area contributed by atoms with E-state index in [0.29, 0.717) is 6.42 Å². The fourth-order valence-electron chi connectivity index (χ4n) is 4.28. The fourth-order valence-corrected chi connectivity index (χ4v) is 4.28. The molecule has 5 aromatic rings. The van der Waals surface area contributed by atoms with Gasteiger partial charge in [0.2, 0.25) is 5.91 Å². The van der Waals surface area contributed by atoms with Crippen molar-refractivity contribution in [2.45, 2.75) is 26.0 Å². The van der Waals surface area contributed by atoms with Crippen LogP contribution in [0.15, 0.2) is 97.3 Å². The van der Waals surface area contributed by atoms with E-state index in [0.717, 1.165) is 39.0 Å². The summed E-state index contributed by atoms with van der Waals surface area (Å²) in [6, 6.07) is 26.6. The molecule has 180 valence electrons. The summed E-state index contributed by atoms with van der Waals surface area (Å²) in [6.07, 6.45) is 4.05. The van der Waals surface area contributed by atoms with Gasteiger partial charge in [0.05, 0.1) is 11.4 Å². The number of ether oxygens (including phenoxy) is 1. The minimum Gasteiger partial charge on any atom is -0.459 e. The summed E-state index contributed by atoms with van der Waals surface area (Å²) in [7, 11) is 0. The number of aromatic nitrogens is 3. The van der Waals surface area contributed by atoms with Crippen LogP contribution in [-0.2, 0) is 27.4 Å². The van der Waals surface area contributed by atoms with E-state index in [1.165, 1.54) is 6.92 Å². The number of hydrogen-bond acceptors (Lipinski definition) is 4. The Bertz CT molecular complexity index is 1490. The predicted octanol–water partition coefficient (Wildman–Crippen LogP) is 4.81. The topological polar surface area (TPSA) is 89.0 Å². The van der Waals surface area contributed by atoms with Gasteiger partial charge in [0.1, 0.15) is 12.6 Å². The predicted molar refractivity (Wildman–Crippen MR) is 138 cm³/mol. The minimum atomic E-state index is -0.814. The zero-order chi connectivity index (χ0) is 24.9. The smallest absolute Gasteiger partial charge is 0.329 e. The molecule has 5 rings (SSSR count). The van der Waals surface area contributed by atoms with E-state index in [4.69, 9.17) is 9.84 Å². The molecule has 36 heavy (non-hydrogen) atoms. The van der Waals surface area contributed by atoms with Crippen molar-refractivity contribution in [3.63, 3.8) is 0 Å². The van der Waals surface area contributed by atoms with Crippen LogP contribution in [-0.4, -0.2) is 32.7 Å². The first-order chi connectivity index (χ1) is 17.6. The highest BCUT2D eigenvalue weighted by atomic mass is 16.5. The van der Waals surface area contributed by atoms with E-state index in [1.807, 2.05) is 97.3 Å². The fraction of sp³-hybridized carbons (Fsp3) is 0.138. The van der Waals surface area contributed by atoms with E-state index >= 15 is 0 Å². The van der Waals surface area contributed by atoms with E-state index in [1.54, 1.807) is 4.68 Å². The molecule has 0 aliphatic rings. The van der Waals surface area contributed by atoms with Gasteiger partial charge < -0.3 is 15.0 Å². The van der Waals surface area contributed by atoms with Crippen LogP contribution in [0.4, 0.5) is 0 Å². The largest absolute Gasteiger partial charge is 0.459 e. The molecule has 0 saturated carbocycles. The molecule has 7 heteroatoms. The second-order valence-corrected chi connectivity index (χ2v) is 8.57. The highest BCUT2D eigenvalue weighted by Gasteiger charge is 2.24. The second-order valence-electron chi connectivity index (χ2n) is 8.57. The second kappa shape index (κ2) is 10.3. The summed E-state index contributed by atoms with van der Waals surface area (Å²) < 4.78 is 7.53. The Morgan fingerprint density at radius 3 is 2.39 bits per heavy atom. The van der Waals surface area contributed by atoms with E-state index in [9.17, 15) is 9.59 Å². The van der Waals surface area contributed by atoms with Gasteiger partial charge in [0.15, 0.2) is 0 Å². The first-order valence-electron chi connectivity index (χ1n) is 11.8. The summed E-state index contributed by atoms with van der Waals surface area (Å²) in [5.41, 5.74) is 5.25. The maximum atomic E-state index is 13.2. The van der Waals surface area contributed by atoms with Crippen molar-refractivity contribution < 1.29 is 14.3 Å². The normalized spacial score (nSPS) is 11.8. The number of H-pyrrole nitrogens is 1. The van der Waals surface area contributed by atoms with Crippen LogP contribution in [0.5, 0.6) is 0 Å². The molecule has 0 unspecified atom stereocenters. The van der Waals surface area contributed by atoms with Crippen LogP contribution in [0.2, 0.25) is 0 Å². The number of carbonyl (C=O) groups is 2. The summed E-state index contributed by atoms with van der Waals surface area (Å²) in [6.45, 7) is 1.42. The van der Waals surface area contributed by atoms with Crippen LogP contribution in [0.25, 0.3) is 27.8 Å². The van der Waals surface area contributed by atoms with E-state index < -0.39 is 12.0 Å². The van der Waals surface area contributed by atoms with Gasteiger partial charge in [-0.15, -0.1) is 0 Å². The van der Waals surface area contributed by atoms with Crippen molar-refractivity contribution in [2.75, 3.05) is 0 Å². The third kappa shape index (κ3) is 5.05. The van der Waals surface area contributed by atoms with Crippen molar-refractivity contribution in [1.82, 2.24) is 20.1 Å². The average molecular weight is 479 g/mol. The van der Waals surface area contributed by atoms with Crippen molar-refractivity contribution in [3.05, 3.63) is 108 Å². The van der Waals surface area contributed by atoms with Gasteiger partial charge in [-0.1, -0.05) is 66.7 Å². The van der Waals surface area contributed by atoms with Crippen LogP contribution in [0, 0.1) is 0 Å². The minimum absolute atomic E-state index is 0.0276. The van der Waals surface area contributed by atoms with Gasteiger partial charge in [-0.3, -0.25) is 4.79 Å². The van der Waals surface area contributed by atoms with Crippen molar-refractivity contribution in [3.8, 4) is 16.9 Å². The molecule has 0 saturated heterocycles. The molecule has 0 spiro atoms. The maximum Gasteiger partial charge on any atom is 0.329 e. The van der Waals surface area contributed by atoms with Gasteiger partial charge in [-0.2, -0.15) is 5.10 Å². The Hall–Kier alpha value is -4.65. The molecular formula is C29H26N4O3. The number of carbonyl (C=O) groups excluding carboxylic acids is 2. The van der Waals surface area contributed by atoms with Crippen molar-refractivity contribution in [1.29, 1.82) is 0 Å². The van der Waals surface area contributed by atoms with Crippen molar-refractivity contribution in [2.24, 2.45) is 0 Å². The summed E-state index contributed by atoms with van der Waals surface area (Å²) in [5.74, 6) is -0.791. The molecule has 7 nitrogen and oxygen atoms in total. The first-order valence-corrected chi connectivity index (χ1v) is 11.8. The zero-order valence-corrected chi connectivity index (χ0v) is 19.8. The maximum absolute atomic E-state index is 13.2. The number of amides is 1. The number of rotatable bonds is 8. The summed E-state index contributed by atoms with van der Waals surface area (Å²) in [4.78, 5) is 28.3. The first kappa shape index (κ1) is 23.1. The van der Waals surface area contributed by atoms with E-state index in [-0.39, 0.29) is 12.5 Å². The van der Waals surface area contributed by atoms with Crippen LogP contribution in [0.3, 0.4) is 0 Å². The summed E-state index contributed by atoms with van der Waals surface area (Å²) >= 11 is 0. The van der Waals surface area contributed by atoms with Crippen LogP contribution >= 0.6 is 0 Å². The molecule has 1 amide bonds. The Morgan fingerprint density at radius 2 is 1.64 bits per heavy atom. The monoisotopic (exact) mass is 478 g/mol. The molecule has 3 aromatic carbocycles. The molecule has 1 atom stereocenters. The third-order valence-corrected chi connectivity index (χ3v) is 5.99. The molecule has 2 aromatic heterocycles. The quantitative estimate of drug-likeness (QED) is 0.313. The third-order valence-electron chi connectivity index (χ3n) is 5.99. The van der Waals surface area contributed by atoms with Gasteiger partial charge in [-0.05, 0) is 23.8 Å². The van der Waals surface area contributed by atoms with Gasteiger partial charge in [-0.25, -0.2) is 9.48 Å². The molecule has 0 bridgehead atoms. The number of fused-ring (bicyclic) bond motifs is 1. The lowest BCUT2D eigenvalue weighted by Gasteiger charge is -2.16. The Balaban J connectivity index is 1.39. The lowest BCUT2D eigenvalue weighted by Crippen LogP contribution is -2.42. The Morgan fingerprint density at radius 1 is 0.944 bits per heavy atom. The molecule has 0 aliphatic heterocycles. The number of esters is 1. The molecule has 2 heterocycles. The Kier molecular flexibility index (Phi) is 6.62. The number of nitrogens with one attached hydrogen (secondary N) is 2. The highest BCUT2D eigenvalue weighted by molar-refractivity contribution is 5.86. The SMILES string of the molecule is CC(=O)N[C@@H](Cc1c[nH]c2ccccc12)C(=O)OCc1cn(-c2ccccc2)nc1-c1ccccc1. The van der Waals surface area contributed by atoms with Crippen molar-refractivity contribution >= 4 is 22.8 Å². The van der Waals surface area contributed by atoms with Gasteiger partial charge >= 0.3 is 5.97 Å². The van der Waals surface area contributed by atoms with Gasteiger partial charge in [0.25, 0.3) is 0 Å². The number of benzene rings is 3. The number of aromatic amines is 1. The standard InChI is InChI=1S/C29H26N4O3/c1-20(34)31-27(16-22-17-30-26-15-9-8-14-25(22)26)29(35)36-19-23-18-33(24-12-6-3-7-13-24)32-28(23)21-10-4-2-5-11-21/h2-15,17-18,27,30H,16,19H2,1H3,(H,31,34)/t27-/m0/s1. The molecule has 0 aliphatic carbocycles. The molecule has 0 radical (unpaired) electrons. The number of nitrogens with zero attached hydrogens (tertiary/aromatic N) is 2. The van der Waals surface area contributed by atoms with Gasteiger partial charge in [0, 0.05) is 47.8 Å². The summed E-state index contributed by atoms with van der Waals surface area (Å²) in [5, 5.41) is 8.53. The lowest BCUT2D eigenvalue weighted by atomic mass is 10.0. The molecule has 0 fully saturated rings. The Labute approximate surface area is 208 Å². The zero-order valence-electron chi connectivity index (χ0n) is 19.8.